The van der Waals surface area contributed by atoms with Crippen molar-refractivity contribution in [3.8, 4) is 0 Å². The summed E-state index contributed by atoms with van der Waals surface area (Å²) >= 11 is 0. The van der Waals surface area contributed by atoms with Crippen molar-refractivity contribution in [2.45, 2.75) is 0 Å². The smallest absolute Gasteiger partial charge is 0.287 e. The highest BCUT2D eigenvalue weighted by atomic mass is 32.2. The van der Waals surface area contributed by atoms with Gasteiger partial charge in [0.15, 0.2) is 5.76 Å². The van der Waals surface area contributed by atoms with E-state index in [-0.39, 0.29) is 24.8 Å². The van der Waals surface area contributed by atoms with Crippen LogP contribution in [0.15, 0.2) is 34.8 Å². The van der Waals surface area contributed by atoms with Crippen LogP contribution in [0.3, 0.4) is 0 Å². The molecule has 0 bridgehead atoms. The molecule has 1 aromatic heterocycles. The zero-order valence-corrected chi connectivity index (χ0v) is 9.29. The van der Waals surface area contributed by atoms with Gasteiger partial charge in [0.05, 0.1) is 6.26 Å². The molecule has 0 aliphatic rings. The summed E-state index contributed by atoms with van der Waals surface area (Å²) in [7, 11) is -3.43. The third kappa shape index (κ3) is 3.87. The fraction of sp³-hybridized carbons (Fsp3) is 0.222. The molecular formula is C9H12N2O4S. The zero-order chi connectivity index (χ0) is 12.0. The van der Waals surface area contributed by atoms with Crippen LogP contribution in [0.2, 0.25) is 0 Å². The van der Waals surface area contributed by atoms with Crippen molar-refractivity contribution in [2.24, 2.45) is 0 Å². The van der Waals surface area contributed by atoms with Gasteiger partial charge in [0.2, 0.25) is 10.0 Å². The standard InChI is InChI=1S/C9H12N2O4S/c1-2-16(13,14)11-6-5-10-9(12)8-4-3-7-15-8/h2-4,7,11H,1,5-6H2,(H,10,12). The third-order valence-corrected chi connectivity index (χ3v) is 2.72. The van der Waals surface area contributed by atoms with Gasteiger partial charge in [0, 0.05) is 18.5 Å². The molecule has 0 spiro atoms. The first-order valence-electron chi connectivity index (χ1n) is 4.49. The number of carbonyl (C=O) groups is 1. The molecule has 0 saturated carbocycles. The SMILES string of the molecule is C=CS(=O)(=O)NCCNC(=O)c1ccco1. The predicted molar refractivity (Wildman–Crippen MR) is 58.2 cm³/mol. The van der Waals surface area contributed by atoms with Crippen LogP contribution < -0.4 is 10.0 Å². The van der Waals surface area contributed by atoms with E-state index < -0.39 is 10.0 Å². The molecule has 0 aliphatic heterocycles. The largest absolute Gasteiger partial charge is 0.459 e. The number of carbonyl (C=O) groups excluding carboxylic acids is 1. The fourth-order valence-electron chi connectivity index (χ4n) is 0.923. The van der Waals surface area contributed by atoms with Gasteiger partial charge >= 0.3 is 0 Å². The zero-order valence-electron chi connectivity index (χ0n) is 8.47. The minimum absolute atomic E-state index is 0.0980. The Bertz CT molecular complexity index is 450. The molecule has 0 unspecified atom stereocenters. The van der Waals surface area contributed by atoms with E-state index in [9.17, 15) is 13.2 Å². The first-order chi connectivity index (χ1) is 7.55. The fourth-order valence-corrected chi connectivity index (χ4v) is 1.43. The predicted octanol–water partition coefficient (Wildman–Crippen LogP) is 0.0723. The van der Waals surface area contributed by atoms with Crippen molar-refractivity contribution in [1.29, 1.82) is 0 Å². The molecule has 6 nitrogen and oxygen atoms in total. The summed E-state index contributed by atoms with van der Waals surface area (Å²) in [6, 6.07) is 3.11. The molecule has 88 valence electrons. The normalized spacial score (nSPS) is 11.0. The molecule has 0 aromatic carbocycles. The number of nitrogens with one attached hydrogen (secondary N) is 2. The van der Waals surface area contributed by atoms with Crippen LogP contribution in [0.1, 0.15) is 10.6 Å². The van der Waals surface area contributed by atoms with Crippen LogP contribution in [0.5, 0.6) is 0 Å². The van der Waals surface area contributed by atoms with Crippen LogP contribution in [-0.2, 0) is 10.0 Å². The first-order valence-corrected chi connectivity index (χ1v) is 6.03. The minimum atomic E-state index is -3.43. The number of amides is 1. The molecule has 1 heterocycles. The number of hydrogen-bond acceptors (Lipinski definition) is 4. The quantitative estimate of drug-likeness (QED) is 0.693. The Kier molecular flexibility index (Phi) is 4.27. The highest BCUT2D eigenvalue weighted by Gasteiger charge is 2.07. The van der Waals surface area contributed by atoms with Crippen LogP contribution >= 0.6 is 0 Å². The highest BCUT2D eigenvalue weighted by Crippen LogP contribution is 1.98. The molecule has 1 rings (SSSR count). The van der Waals surface area contributed by atoms with Gasteiger partial charge in [-0.25, -0.2) is 13.1 Å². The van der Waals surface area contributed by atoms with E-state index in [0.717, 1.165) is 5.41 Å². The van der Waals surface area contributed by atoms with E-state index in [1.165, 1.54) is 12.3 Å². The van der Waals surface area contributed by atoms with Gasteiger partial charge in [-0.15, -0.1) is 0 Å². The second-order valence-electron chi connectivity index (χ2n) is 2.84. The van der Waals surface area contributed by atoms with E-state index in [1.807, 2.05) is 0 Å². The topological polar surface area (TPSA) is 88.4 Å². The maximum absolute atomic E-state index is 11.3. The van der Waals surface area contributed by atoms with Gasteiger partial charge in [0.1, 0.15) is 0 Å². The average molecular weight is 244 g/mol. The van der Waals surface area contributed by atoms with Gasteiger partial charge in [-0.05, 0) is 12.1 Å². The summed E-state index contributed by atoms with van der Waals surface area (Å²) in [5.74, 6) is -0.200. The number of furan rings is 1. The van der Waals surface area contributed by atoms with Gasteiger partial charge in [0.25, 0.3) is 5.91 Å². The molecule has 0 fully saturated rings. The van der Waals surface area contributed by atoms with E-state index in [0.29, 0.717) is 0 Å². The maximum Gasteiger partial charge on any atom is 0.287 e. The molecule has 0 saturated heterocycles. The average Bonchev–Trinajstić information content (AvgIpc) is 2.77. The summed E-state index contributed by atoms with van der Waals surface area (Å²) in [6.45, 7) is 3.41. The third-order valence-electron chi connectivity index (χ3n) is 1.68. The minimum Gasteiger partial charge on any atom is -0.459 e. The van der Waals surface area contributed by atoms with Gasteiger partial charge in [-0.3, -0.25) is 4.79 Å². The Labute approximate surface area is 93.4 Å². The lowest BCUT2D eigenvalue weighted by atomic mass is 10.4. The second kappa shape index (κ2) is 5.47. The molecule has 0 atom stereocenters. The van der Waals surface area contributed by atoms with Crippen molar-refractivity contribution in [1.82, 2.24) is 10.0 Å². The summed E-state index contributed by atoms with van der Waals surface area (Å²) in [6.07, 6.45) is 1.38. The Morgan fingerprint density at radius 2 is 2.25 bits per heavy atom. The van der Waals surface area contributed by atoms with Crippen LogP contribution in [-0.4, -0.2) is 27.4 Å². The number of sulfonamides is 1. The van der Waals surface area contributed by atoms with E-state index in [2.05, 4.69) is 16.6 Å². The van der Waals surface area contributed by atoms with Crippen molar-refractivity contribution in [3.05, 3.63) is 36.1 Å². The Morgan fingerprint density at radius 3 is 2.81 bits per heavy atom. The molecule has 1 aromatic rings. The Hall–Kier alpha value is -1.60. The Balaban J connectivity index is 2.27. The van der Waals surface area contributed by atoms with Crippen molar-refractivity contribution < 1.29 is 17.6 Å². The van der Waals surface area contributed by atoms with E-state index in [4.69, 9.17) is 4.42 Å². The molecule has 2 N–H and O–H groups in total. The van der Waals surface area contributed by atoms with Crippen molar-refractivity contribution >= 4 is 15.9 Å². The monoisotopic (exact) mass is 244 g/mol. The summed E-state index contributed by atoms with van der Waals surface area (Å²) in [5, 5.41) is 3.29. The maximum atomic E-state index is 11.3. The van der Waals surface area contributed by atoms with Crippen molar-refractivity contribution in [3.63, 3.8) is 0 Å². The first kappa shape index (κ1) is 12.5. The van der Waals surface area contributed by atoms with Gasteiger partial charge < -0.3 is 9.73 Å². The van der Waals surface area contributed by atoms with Gasteiger partial charge in [-0.1, -0.05) is 6.58 Å². The van der Waals surface area contributed by atoms with Crippen LogP contribution in [0.25, 0.3) is 0 Å². The lowest BCUT2D eigenvalue weighted by Crippen LogP contribution is -2.33. The second-order valence-corrected chi connectivity index (χ2v) is 4.55. The lowest BCUT2D eigenvalue weighted by Gasteiger charge is -2.03. The van der Waals surface area contributed by atoms with Crippen molar-refractivity contribution in [2.75, 3.05) is 13.1 Å². The van der Waals surface area contributed by atoms with Crippen LogP contribution in [0, 0.1) is 0 Å². The number of hydrogen-bond donors (Lipinski definition) is 2. The summed E-state index contributed by atoms with van der Waals surface area (Å²) in [4.78, 5) is 11.3. The molecule has 0 radical (unpaired) electrons. The molecule has 16 heavy (non-hydrogen) atoms. The van der Waals surface area contributed by atoms with Crippen LogP contribution in [0.4, 0.5) is 0 Å². The van der Waals surface area contributed by atoms with E-state index in [1.54, 1.807) is 6.07 Å². The number of rotatable bonds is 6. The lowest BCUT2D eigenvalue weighted by molar-refractivity contribution is 0.0926. The molecule has 7 heteroatoms. The molecule has 1 amide bonds. The summed E-state index contributed by atoms with van der Waals surface area (Å²) < 4.78 is 28.9. The summed E-state index contributed by atoms with van der Waals surface area (Å²) in [5.41, 5.74) is 0. The highest BCUT2D eigenvalue weighted by molar-refractivity contribution is 7.92. The van der Waals surface area contributed by atoms with Gasteiger partial charge in [-0.2, -0.15) is 0 Å². The Morgan fingerprint density at radius 1 is 1.50 bits per heavy atom. The van der Waals surface area contributed by atoms with E-state index >= 15 is 0 Å². The molecular weight excluding hydrogens is 232 g/mol. The molecule has 0 aliphatic carbocycles.